The predicted molar refractivity (Wildman–Crippen MR) is 87.2 cm³/mol. The Kier molecular flexibility index (Phi) is 4.24. The number of amides is 2. The Morgan fingerprint density at radius 3 is 2.32 bits per heavy atom. The average Bonchev–Trinajstić information content (AvgIpc) is 2.94. The van der Waals surface area contributed by atoms with Crippen LogP contribution in [0.25, 0.3) is 0 Å². The van der Waals surface area contributed by atoms with Crippen LogP contribution in [0.5, 0.6) is 0 Å². The minimum atomic E-state index is -4.43. The third kappa shape index (κ3) is 3.35. The number of hydrogen-bond donors (Lipinski definition) is 1. The topological polar surface area (TPSA) is 49.4 Å². The van der Waals surface area contributed by atoms with Gasteiger partial charge in [0.15, 0.2) is 0 Å². The SMILES string of the molecule is CC(=O)N1c2ccccc2CC1C(=O)Nc1ccc(C(F)(F)F)cc1. The molecule has 130 valence electrons. The third-order valence-electron chi connectivity index (χ3n) is 4.10. The van der Waals surface area contributed by atoms with Crippen molar-refractivity contribution < 1.29 is 22.8 Å². The highest BCUT2D eigenvalue weighted by atomic mass is 19.4. The maximum absolute atomic E-state index is 12.6. The van der Waals surface area contributed by atoms with Crippen molar-refractivity contribution in [2.75, 3.05) is 10.2 Å². The van der Waals surface area contributed by atoms with Gasteiger partial charge in [0, 0.05) is 24.7 Å². The number of para-hydroxylation sites is 1. The molecule has 7 heteroatoms. The number of carbonyl (C=O) groups is 2. The Morgan fingerprint density at radius 1 is 1.08 bits per heavy atom. The molecule has 0 aliphatic carbocycles. The molecule has 2 aromatic carbocycles. The van der Waals surface area contributed by atoms with Gasteiger partial charge in [-0.25, -0.2) is 0 Å². The minimum absolute atomic E-state index is 0.248. The normalized spacial score (nSPS) is 16.5. The zero-order valence-corrected chi connectivity index (χ0v) is 13.3. The van der Waals surface area contributed by atoms with Crippen molar-refractivity contribution in [3.63, 3.8) is 0 Å². The molecule has 3 rings (SSSR count). The second kappa shape index (κ2) is 6.23. The Morgan fingerprint density at radius 2 is 1.72 bits per heavy atom. The molecule has 0 radical (unpaired) electrons. The molecule has 0 spiro atoms. The van der Waals surface area contributed by atoms with E-state index in [-0.39, 0.29) is 11.6 Å². The van der Waals surface area contributed by atoms with E-state index in [9.17, 15) is 22.8 Å². The van der Waals surface area contributed by atoms with Gasteiger partial charge >= 0.3 is 6.18 Å². The number of rotatable bonds is 2. The molecule has 1 atom stereocenters. The molecule has 1 aliphatic heterocycles. The van der Waals surface area contributed by atoms with Crippen LogP contribution < -0.4 is 10.2 Å². The number of hydrogen-bond acceptors (Lipinski definition) is 2. The summed E-state index contributed by atoms with van der Waals surface area (Å²) in [6.07, 6.45) is -4.07. The Hall–Kier alpha value is -2.83. The summed E-state index contributed by atoms with van der Waals surface area (Å²) >= 11 is 0. The van der Waals surface area contributed by atoms with Crippen LogP contribution in [-0.4, -0.2) is 17.9 Å². The van der Waals surface area contributed by atoms with Gasteiger partial charge in [-0.1, -0.05) is 18.2 Å². The second-order valence-corrected chi connectivity index (χ2v) is 5.80. The summed E-state index contributed by atoms with van der Waals surface area (Å²) in [5.41, 5.74) is 1.02. The van der Waals surface area contributed by atoms with Gasteiger partial charge in [0.05, 0.1) is 5.56 Å². The number of anilines is 2. The lowest BCUT2D eigenvalue weighted by Crippen LogP contribution is -2.44. The molecule has 0 bridgehead atoms. The van der Waals surface area contributed by atoms with E-state index in [1.165, 1.54) is 24.0 Å². The fraction of sp³-hybridized carbons (Fsp3) is 0.222. The molecule has 25 heavy (non-hydrogen) atoms. The van der Waals surface area contributed by atoms with Gasteiger partial charge in [-0.2, -0.15) is 13.2 Å². The van der Waals surface area contributed by atoms with Gasteiger partial charge in [0.25, 0.3) is 0 Å². The summed E-state index contributed by atoms with van der Waals surface area (Å²) in [6, 6.07) is 10.7. The Labute approximate surface area is 142 Å². The lowest BCUT2D eigenvalue weighted by atomic mass is 10.1. The minimum Gasteiger partial charge on any atom is -0.324 e. The molecule has 0 saturated heterocycles. The zero-order chi connectivity index (χ0) is 18.2. The van der Waals surface area contributed by atoms with Gasteiger partial charge in [-0.15, -0.1) is 0 Å². The van der Waals surface area contributed by atoms with Crippen LogP contribution in [0.15, 0.2) is 48.5 Å². The number of alkyl halides is 3. The van der Waals surface area contributed by atoms with E-state index >= 15 is 0 Å². The fourth-order valence-electron chi connectivity index (χ4n) is 2.95. The molecule has 0 fully saturated rings. The van der Waals surface area contributed by atoms with E-state index in [0.29, 0.717) is 12.1 Å². The van der Waals surface area contributed by atoms with E-state index in [4.69, 9.17) is 0 Å². The summed E-state index contributed by atoms with van der Waals surface area (Å²) < 4.78 is 37.8. The molecule has 1 N–H and O–H groups in total. The predicted octanol–water partition coefficient (Wildman–Crippen LogP) is 3.62. The van der Waals surface area contributed by atoms with E-state index in [0.717, 1.165) is 17.7 Å². The summed E-state index contributed by atoms with van der Waals surface area (Å²) in [6.45, 7) is 1.38. The van der Waals surface area contributed by atoms with Crippen LogP contribution in [0.4, 0.5) is 24.5 Å². The van der Waals surface area contributed by atoms with Crippen LogP contribution in [0.2, 0.25) is 0 Å². The monoisotopic (exact) mass is 348 g/mol. The van der Waals surface area contributed by atoms with Crippen molar-refractivity contribution in [1.82, 2.24) is 0 Å². The van der Waals surface area contributed by atoms with Crippen LogP contribution >= 0.6 is 0 Å². The van der Waals surface area contributed by atoms with Gasteiger partial charge in [0.2, 0.25) is 11.8 Å². The molecular formula is C18H15F3N2O2. The van der Waals surface area contributed by atoms with E-state index in [1.54, 1.807) is 12.1 Å². The first-order valence-corrected chi connectivity index (χ1v) is 7.63. The first-order chi connectivity index (χ1) is 11.8. The first kappa shape index (κ1) is 17.0. The van der Waals surface area contributed by atoms with Crippen LogP contribution in [-0.2, 0) is 22.2 Å². The maximum atomic E-state index is 12.6. The van der Waals surface area contributed by atoms with Gasteiger partial charge in [0.1, 0.15) is 6.04 Å². The van der Waals surface area contributed by atoms with Crippen LogP contribution in [0, 0.1) is 0 Å². The second-order valence-electron chi connectivity index (χ2n) is 5.80. The zero-order valence-electron chi connectivity index (χ0n) is 13.3. The lowest BCUT2D eigenvalue weighted by Gasteiger charge is -2.23. The maximum Gasteiger partial charge on any atom is 0.416 e. The highest BCUT2D eigenvalue weighted by molar-refractivity contribution is 6.06. The van der Waals surface area contributed by atoms with Crippen molar-refractivity contribution in [1.29, 1.82) is 0 Å². The number of halogens is 3. The van der Waals surface area contributed by atoms with Crippen molar-refractivity contribution in [2.24, 2.45) is 0 Å². The molecule has 1 unspecified atom stereocenters. The van der Waals surface area contributed by atoms with Crippen molar-refractivity contribution >= 4 is 23.2 Å². The van der Waals surface area contributed by atoms with E-state index < -0.39 is 23.7 Å². The van der Waals surface area contributed by atoms with Gasteiger partial charge < -0.3 is 5.32 Å². The number of carbonyl (C=O) groups excluding carboxylic acids is 2. The number of nitrogens with one attached hydrogen (secondary N) is 1. The average molecular weight is 348 g/mol. The first-order valence-electron chi connectivity index (χ1n) is 7.63. The highest BCUT2D eigenvalue weighted by Crippen LogP contribution is 2.33. The molecule has 2 amide bonds. The standard InChI is InChI=1S/C18H15F3N2O2/c1-11(24)23-15-5-3-2-4-12(15)10-16(23)17(25)22-14-8-6-13(7-9-14)18(19,20)21/h2-9,16H,10H2,1H3,(H,22,25). The largest absolute Gasteiger partial charge is 0.416 e. The van der Waals surface area contributed by atoms with E-state index in [1.807, 2.05) is 12.1 Å². The molecule has 2 aromatic rings. The quantitative estimate of drug-likeness (QED) is 0.901. The third-order valence-corrected chi connectivity index (χ3v) is 4.10. The lowest BCUT2D eigenvalue weighted by molar-refractivity contribution is -0.137. The van der Waals surface area contributed by atoms with Gasteiger partial charge in [-0.05, 0) is 35.9 Å². The van der Waals surface area contributed by atoms with E-state index in [2.05, 4.69) is 5.32 Å². The van der Waals surface area contributed by atoms with Crippen molar-refractivity contribution in [2.45, 2.75) is 25.6 Å². The smallest absolute Gasteiger partial charge is 0.324 e. The number of benzene rings is 2. The molecular weight excluding hydrogens is 333 g/mol. The van der Waals surface area contributed by atoms with Crippen LogP contribution in [0.1, 0.15) is 18.1 Å². The van der Waals surface area contributed by atoms with Gasteiger partial charge in [-0.3, -0.25) is 14.5 Å². The summed E-state index contributed by atoms with van der Waals surface area (Å²) in [5, 5.41) is 2.58. The summed E-state index contributed by atoms with van der Waals surface area (Å²) in [5.74, 6) is -0.705. The molecule has 1 aliphatic rings. The molecule has 0 saturated carbocycles. The summed E-state index contributed by atoms with van der Waals surface area (Å²) in [4.78, 5) is 25.9. The van der Waals surface area contributed by atoms with Crippen molar-refractivity contribution in [3.05, 3.63) is 59.7 Å². The highest BCUT2D eigenvalue weighted by Gasteiger charge is 2.36. The summed E-state index contributed by atoms with van der Waals surface area (Å²) in [7, 11) is 0. The number of fused-ring (bicyclic) bond motifs is 1. The molecule has 4 nitrogen and oxygen atoms in total. The fourth-order valence-corrected chi connectivity index (χ4v) is 2.95. The van der Waals surface area contributed by atoms with Crippen LogP contribution in [0.3, 0.4) is 0 Å². The Bertz CT molecular complexity index is 816. The number of nitrogens with zero attached hydrogens (tertiary/aromatic N) is 1. The molecule has 0 aromatic heterocycles. The Balaban J connectivity index is 1.78. The van der Waals surface area contributed by atoms with Crippen molar-refractivity contribution in [3.8, 4) is 0 Å². The molecule has 1 heterocycles.